The van der Waals surface area contributed by atoms with Gasteiger partial charge in [-0.15, -0.1) is 0 Å². The maximum atomic E-state index is 13.4. The number of rotatable bonds is 2. The van der Waals surface area contributed by atoms with Crippen LogP contribution < -0.4 is 4.90 Å². The molecule has 0 radical (unpaired) electrons. The molecule has 90 valence electrons. The van der Waals surface area contributed by atoms with E-state index in [1.807, 2.05) is 13.1 Å². The lowest BCUT2D eigenvalue weighted by Gasteiger charge is -2.33. The summed E-state index contributed by atoms with van der Waals surface area (Å²) in [5.74, 6) is -0.332. The van der Waals surface area contributed by atoms with Crippen LogP contribution in [0.2, 0.25) is 0 Å². The third kappa shape index (κ3) is 2.76. The van der Waals surface area contributed by atoms with Crippen LogP contribution in [0.3, 0.4) is 0 Å². The number of benzene rings is 1. The normalized spacial score (nSPS) is 16.5. The van der Waals surface area contributed by atoms with E-state index in [9.17, 15) is 4.39 Å². The van der Waals surface area contributed by atoms with Crippen molar-refractivity contribution < 1.29 is 4.39 Å². The summed E-state index contributed by atoms with van der Waals surface area (Å²) in [5.41, 5.74) is 1.20. The first kappa shape index (κ1) is 11.9. The van der Waals surface area contributed by atoms with E-state index >= 15 is 0 Å². The summed E-state index contributed by atoms with van der Waals surface area (Å²) in [6, 6.07) is 7.03. The number of halogens is 1. The van der Waals surface area contributed by atoms with Gasteiger partial charge in [-0.1, -0.05) is 19.3 Å². The van der Waals surface area contributed by atoms with Gasteiger partial charge >= 0.3 is 0 Å². The molecule has 0 unspecified atom stereocenters. The first-order valence-electron chi connectivity index (χ1n) is 6.14. The van der Waals surface area contributed by atoms with Crippen molar-refractivity contribution in [1.82, 2.24) is 0 Å². The lowest BCUT2D eigenvalue weighted by Crippen LogP contribution is -2.33. The van der Waals surface area contributed by atoms with Crippen LogP contribution in [-0.4, -0.2) is 13.1 Å². The zero-order chi connectivity index (χ0) is 12.3. The van der Waals surface area contributed by atoms with Crippen LogP contribution in [0.5, 0.6) is 0 Å². The molecule has 2 nitrogen and oxygen atoms in total. The van der Waals surface area contributed by atoms with Gasteiger partial charge in [0.15, 0.2) is 0 Å². The highest BCUT2D eigenvalue weighted by Crippen LogP contribution is 2.27. The molecule has 0 heterocycles. The molecule has 0 N–H and O–H groups in total. The average Bonchev–Trinajstić information content (AvgIpc) is 2.38. The van der Waals surface area contributed by atoms with Gasteiger partial charge in [0, 0.05) is 18.8 Å². The summed E-state index contributed by atoms with van der Waals surface area (Å²) in [7, 11) is 1.99. The zero-order valence-corrected chi connectivity index (χ0v) is 10.1. The Balaban J connectivity index is 2.20. The monoisotopic (exact) mass is 232 g/mol. The maximum Gasteiger partial charge on any atom is 0.126 e. The van der Waals surface area contributed by atoms with Crippen molar-refractivity contribution in [3.63, 3.8) is 0 Å². The second-order valence-corrected chi connectivity index (χ2v) is 4.71. The first-order chi connectivity index (χ1) is 8.20. The predicted molar refractivity (Wildman–Crippen MR) is 66.4 cm³/mol. The Hall–Kier alpha value is -1.56. The molecule has 0 saturated heterocycles. The highest BCUT2D eigenvalue weighted by Gasteiger charge is 2.19. The number of anilines is 1. The van der Waals surface area contributed by atoms with Crippen molar-refractivity contribution in [2.45, 2.75) is 38.1 Å². The number of hydrogen-bond acceptors (Lipinski definition) is 2. The van der Waals surface area contributed by atoms with E-state index in [1.165, 1.54) is 31.4 Å². The minimum atomic E-state index is -0.332. The lowest BCUT2D eigenvalue weighted by molar-refractivity contribution is 0.427. The molecule has 1 aromatic rings. The fraction of sp³-hybridized carbons (Fsp3) is 0.500. The molecule has 1 aliphatic carbocycles. The van der Waals surface area contributed by atoms with E-state index in [1.54, 1.807) is 6.07 Å². The van der Waals surface area contributed by atoms with Crippen molar-refractivity contribution in [2.24, 2.45) is 0 Å². The summed E-state index contributed by atoms with van der Waals surface area (Å²) in [5, 5.41) is 8.84. The van der Waals surface area contributed by atoms with Gasteiger partial charge < -0.3 is 4.90 Å². The lowest BCUT2D eigenvalue weighted by atomic mass is 9.94. The quantitative estimate of drug-likeness (QED) is 0.780. The van der Waals surface area contributed by atoms with Gasteiger partial charge in [-0.05, 0) is 31.0 Å². The molecule has 1 saturated carbocycles. The molecule has 17 heavy (non-hydrogen) atoms. The summed E-state index contributed by atoms with van der Waals surface area (Å²) >= 11 is 0. The van der Waals surface area contributed by atoms with Crippen molar-refractivity contribution >= 4 is 5.69 Å². The van der Waals surface area contributed by atoms with E-state index < -0.39 is 0 Å². The third-order valence-corrected chi connectivity index (χ3v) is 3.54. The molecule has 0 bridgehead atoms. The minimum Gasteiger partial charge on any atom is -0.371 e. The fourth-order valence-corrected chi connectivity index (χ4v) is 2.52. The van der Waals surface area contributed by atoms with E-state index in [0.717, 1.165) is 18.5 Å². The molecule has 1 fully saturated rings. The van der Waals surface area contributed by atoms with E-state index in [-0.39, 0.29) is 5.82 Å². The average molecular weight is 232 g/mol. The molecule has 0 aromatic heterocycles. The van der Waals surface area contributed by atoms with E-state index in [4.69, 9.17) is 5.26 Å². The van der Waals surface area contributed by atoms with E-state index in [2.05, 4.69) is 4.90 Å². The molecule has 3 heteroatoms. The molecule has 2 rings (SSSR count). The van der Waals surface area contributed by atoms with Crippen LogP contribution in [-0.2, 0) is 0 Å². The van der Waals surface area contributed by atoms with Gasteiger partial charge in [-0.3, -0.25) is 0 Å². The van der Waals surface area contributed by atoms with Gasteiger partial charge in [0.2, 0.25) is 0 Å². The Morgan fingerprint density at radius 1 is 1.24 bits per heavy atom. The largest absolute Gasteiger partial charge is 0.371 e. The second-order valence-electron chi connectivity index (χ2n) is 4.71. The minimum absolute atomic E-state index is 0.332. The van der Waals surface area contributed by atoms with Gasteiger partial charge in [0.1, 0.15) is 5.82 Å². The Morgan fingerprint density at radius 2 is 1.94 bits per heavy atom. The Bertz CT molecular complexity index is 430. The Labute approximate surface area is 102 Å². The van der Waals surface area contributed by atoms with Crippen molar-refractivity contribution in [1.29, 1.82) is 5.26 Å². The first-order valence-corrected chi connectivity index (χ1v) is 6.14. The highest BCUT2D eigenvalue weighted by molar-refractivity contribution is 5.52. The Morgan fingerprint density at radius 3 is 2.59 bits per heavy atom. The SMILES string of the molecule is CN(c1cc(F)cc(C#N)c1)C1CCCCC1. The molecule has 1 aliphatic rings. The van der Waals surface area contributed by atoms with Gasteiger partial charge in [-0.2, -0.15) is 5.26 Å². The van der Waals surface area contributed by atoms with Crippen molar-refractivity contribution in [3.05, 3.63) is 29.6 Å². The van der Waals surface area contributed by atoms with Crippen LogP contribution in [0.1, 0.15) is 37.7 Å². The van der Waals surface area contributed by atoms with Crippen LogP contribution >= 0.6 is 0 Å². The number of hydrogen-bond donors (Lipinski definition) is 0. The van der Waals surface area contributed by atoms with Gasteiger partial charge in [0.05, 0.1) is 11.6 Å². The smallest absolute Gasteiger partial charge is 0.126 e. The van der Waals surface area contributed by atoms with Crippen molar-refractivity contribution in [2.75, 3.05) is 11.9 Å². The highest BCUT2D eigenvalue weighted by atomic mass is 19.1. The maximum absolute atomic E-state index is 13.4. The zero-order valence-electron chi connectivity index (χ0n) is 10.1. The van der Waals surface area contributed by atoms with Gasteiger partial charge in [-0.25, -0.2) is 4.39 Å². The second kappa shape index (κ2) is 5.18. The summed E-state index contributed by atoms with van der Waals surface area (Å²) < 4.78 is 13.4. The molecule has 1 aromatic carbocycles. The summed E-state index contributed by atoms with van der Waals surface area (Å²) in [4.78, 5) is 2.11. The van der Waals surface area contributed by atoms with Crippen LogP contribution in [0.4, 0.5) is 10.1 Å². The standard InChI is InChI=1S/C14H17FN2/c1-17(13-5-3-2-4-6-13)14-8-11(10-16)7-12(15)9-14/h7-9,13H,2-6H2,1H3. The molecule has 0 amide bonds. The Kier molecular flexibility index (Phi) is 3.63. The molecule has 0 aliphatic heterocycles. The van der Waals surface area contributed by atoms with Crippen LogP contribution in [0.25, 0.3) is 0 Å². The third-order valence-electron chi connectivity index (χ3n) is 3.54. The van der Waals surface area contributed by atoms with E-state index in [0.29, 0.717) is 11.6 Å². The van der Waals surface area contributed by atoms with Gasteiger partial charge in [0.25, 0.3) is 0 Å². The predicted octanol–water partition coefficient (Wildman–Crippen LogP) is 3.47. The van der Waals surface area contributed by atoms with Crippen LogP contribution in [0.15, 0.2) is 18.2 Å². The number of nitrogens with zero attached hydrogens (tertiary/aromatic N) is 2. The molecular weight excluding hydrogens is 215 g/mol. The number of nitriles is 1. The van der Waals surface area contributed by atoms with Crippen LogP contribution in [0, 0.1) is 17.1 Å². The molecule has 0 atom stereocenters. The summed E-state index contributed by atoms with van der Waals surface area (Å²) in [6.45, 7) is 0. The van der Waals surface area contributed by atoms with Crippen molar-refractivity contribution in [3.8, 4) is 6.07 Å². The summed E-state index contributed by atoms with van der Waals surface area (Å²) in [6.07, 6.45) is 6.12. The topological polar surface area (TPSA) is 27.0 Å². The molecular formula is C14H17FN2. The molecule has 0 spiro atoms. The fourth-order valence-electron chi connectivity index (χ4n) is 2.52.